The normalized spacial score (nSPS) is 20.4. The van der Waals surface area contributed by atoms with Gasteiger partial charge in [-0.25, -0.2) is 9.78 Å². The Bertz CT molecular complexity index is 330. The maximum Gasteiger partial charge on any atom is 0.101 e. The van der Waals surface area contributed by atoms with E-state index in [0.717, 1.165) is 6.61 Å². The molecule has 0 spiro atoms. The summed E-state index contributed by atoms with van der Waals surface area (Å²) in [5, 5.41) is 0. The summed E-state index contributed by atoms with van der Waals surface area (Å²) in [5.74, 6) is 1.28. The highest BCUT2D eigenvalue weighted by molar-refractivity contribution is 4.77. The van der Waals surface area contributed by atoms with Crippen molar-refractivity contribution in [1.29, 1.82) is 0 Å². The fraction of sp³-hybridized carbons (Fsp3) is 1.00. The van der Waals surface area contributed by atoms with E-state index in [4.69, 9.17) is 9.78 Å². The second-order valence-electron chi connectivity index (χ2n) is 9.82. The van der Waals surface area contributed by atoms with Crippen LogP contribution >= 0.6 is 0 Å². The average Bonchev–Trinajstić information content (AvgIpc) is 3.15. The Labute approximate surface area is 183 Å². The van der Waals surface area contributed by atoms with Crippen LogP contribution in [-0.4, -0.2) is 12.7 Å². The molecule has 1 heterocycles. The standard InChI is InChI=1S/C27H54O2/c1-4-6-8-10-12-14-15-17-19-21-23-26(27-25(3)24-28-29-27)22-20-18-16-13-11-9-7-5-2/h25-27H,4-24H2,1-3H3. The largest absolute Gasteiger partial charge is 0.236 e. The van der Waals surface area contributed by atoms with Gasteiger partial charge in [0.25, 0.3) is 0 Å². The fourth-order valence-corrected chi connectivity index (χ4v) is 4.87. The van der Waals surface area contributed by atoms with E-state index >= 15 is 0 Å². The molecule has 1 aliphatic rings. The van der Waals surface area contributed by atoms with Gasteiger partial charge in [0.1, 0.15) is 6.10 Å². The minimum Gasteiger partial charge on any atom is -0.236 e. The lowest BCUT2D eigenvalue weighted by atomic mass is 9.84. The van der Waals surface area contributed by atoms with Crippen molar-refractivity contribution in [2.75, 3.05) is 6.61 Å². The van der Waals surface area contributed by atoms with E-state index in [9.17, 15) is 0 Å². The molecule has 0 bridgehead atoms. The first kappa shape index (κ1) is 27.0. The maximum absolute atomic E-state index is 5.69. The van der Waals surface area contributed by atoms with Crippen LogP contribution in [0.15, 0.2) is 0 Å². The van der Waals surface area contributed by atoms with Crippen molar-refractivity contribution in [2.45, 2.75) is 155 Å². The topological polar surface area (TPSA) is 18.5 Å². The minimum absolute atomic E-state index is 0.345. The minimum atomic E-state index is 0.345. The Balaban J connectivity index is 2.09. The molecule has 0 N–H and O–H groups in total. The molecule has 1 rings (SSSR count). The highest BCUT2D eigenvalue weighted by Crippen LogP contribution is 2.31. The van der Waals surface area contributed by atoms with Crippen LogP contribution in [0, 0.1) is 11.8 Å². The van der Waals surface area contributed by atoms with E-state index in [0.29, 0.717) is 17.9 Å². The first-order chi connectivity index (χ1) is 14.3. The summed E-state index contributed by atoms with van der Waals surface area (Å²) >= 11 is 0. The summed E-state index contributed by atoms with van der Waals surface area (Å²) in [6.07, 6.45) is 28.5. The predicted molar refractivity (Wildman–Crippen MR) is 127 cm³/mol. The van der Waals surface area contributed by atoms with Crippen LogP contribution in [0.4, 0.5) is 0 Å². The van der Waals surface area contributed by atoms with Crippen molar-refractivity contribution in [3.8, 4) is 0 Å². The molecule has 0 aliphatic carbocycles. The molecule has 3 unspecified atom stereocenters. The molecular weight excluding hydrogens is 356 g/mol. The van der Waals surface area contributed by atoms with Gasteiger partial charge in [-0.15, -0.1) is 0 Å². The molecule has 2 nitrogen and oxygen atoms in total. The molecule has 0 aromatic rings. The predicted octanol–water partition coefficient (Wildman–Crippen LogP) is 9.41. The molecule has 29 heavy (non-hydrogen) atoms. The van der Waals surface area contributed by atoms with Crippen LogP contribution in [0.1, 0.15) is 149 Å². The van der Waals surface area contributed by atoms with Crippen molar-refractivity contribution >= 4 is 0 Å². The summed E-state index contributed by atoms with van der Waals surface area (Å²) in [5.41, 5.74) is 0. The third-order valence-corrected chi connectivity index (χ3v) is 6.89. The molecule has 174 valence electrons. The van der Waals surface area contributed by atoms with Gasteiger partial charge in [-0.3, -0.25) is 0 Å². The SMILES string of the molecule is CCCCCCCCCCCCC(CCCCCCCCCC)C1OOCC1C. The Morgan fingerprint density at radius 3 is 1.31 bits per heavy atom. The first-order valence-corrected chi connectivity index (χ1v) is 13.6. The second-order valence-corrected chi connectivity index (χ2v) is 9.82. The van der Waals surface area contributed by atoms with Crippen LogP contribution in [0.2, 0.25) is 0 Å². The van der Waals surface area contributed by atoms with Gasteiger partial charge < -0.3 is 0 Å². The lowest BCUT2D eigenvalue weighted by Crippen LogP contribution is -2.25. The van der Waals surface area contributed by atoms with Crippen molar-refractivity contribution in [2.24, 2.45) is 11.8 Å². The molecule has 0 aromatic heterocycles. The van der Waals surface area contributed by atoms with E-state index in [1.165, 1.54) is 128 Å². The molecule has 3 atom stereocenters. The van der Waals surface area contributed by atoms with E-state index in [-0.39, 0.29) is 0 Å². The molecule has 0 saturated carbocycles. The van der Waals surface area contributed by atoms with Gasteiger partial charge in [0.05, 0.1) is 6.61 Å². The summed E-state index contributed by atoms with van der Waals surface area (Å²) < 4.78 is 0. The number of hydrogen-bond acceptors (Lipinski definition) is 2. The molecular formula is C27H54O2. The number of unbranched alkanes of at least 4 members (excludes halogenated alkanes) is 16. The quantitative estimate of drug-likeness (QED) is 0.138. The van der Waals surface area contributed by atoms with Gasteiger partial charge >= 0.3 is 0 Å². The van der Waals surface area contributed by atoms with Crippen LogP contribution in [0.5, 0.6) is 0 Å². The molecule has 0 amide bonds. The zero-order valence-corrected chi connectivity index (χ0v) is 20.4. The maximum atomic E-state index is 5.69. The van der Waals surface area contributed by atoms with Gasteiger partial charge in [0.2, 0.25) is 0 Å². The Morgan fingerprint density at radius 1 is 0.586 bits per heavy atom. The zero-order chi connectivity index (χ0) is 21.0. The monoisotopic (exact) mass is 410 g/mol. The smallest absolute Gasteiger partial charge is 0.101 e. The van der Waals surface area contributed by atoms with Gasteiger partial charge in [-0.1, -0.05) is 136 Å². The highest BCUT2D eigenvalue weighted by atomic mass is 17.2. The van der Waals surface area contributed by atoms with Gasteiger partial charge in [0, 0.05) is 5.92 Å². The molecule has 1 saturated heterocycles. The van der Waals surface area contributed by atoms with E-state index in [1.807, 2.05) is 0 Å². The lowest BCUT2D eigenvalue weighted by Gasteiger charge is -2.24. The van der Waals surface area contributed by atoms with Crippen LogP contribution in [-0.2, 0) is 9.78 Å². The molecule has 1 aliphatic heterocycles. The zero-order valence-electron chi connectivity index (χ0n) is 20.4. The van der Waals surface area contributed by atoms with Gasteiger partial charge in [-0.05, 0) is 18.8 Å². The lowest BCUT2D eigenvalue weighted by molar-refractivity contribution is -0.284. The second kappa shape index (κ2) is 19.9. The van der Waals surface area contributed by atoms with E-state index in [1.54, 1.807) is 0 Å². The van der Waals surface area contributed by atoms with Crippen molar-refractivity contribution in [3.63, 3.8) is 0 Å². The Morgan fingerprint density at radius 2 is 0.966 bits per heavy atom. The van der Waals surface area contributed by atoms with E-state index < -0.39 is 0 Å². The fourth-order valence-electron chi connectivity index (χ4n) is 4.87. The Kier molecular flexibility index (Phi) is 18.5. The summed E-state index contributed by atoms with van der Waals surface area (Å²) in [6, 6.07) is 0. The number of rotatable bonds is 21. The molecule has 1 fully saturated rings. The highest BCUT2D eigenvalue weighted by Gasteiger charge is 2.33. The summed E-state index contributed by atoms with van der Waals surface area (Å²) in [7, 11) is 0. The average molecular weight is 411 g/mol. The van der Waals surface area contributed by atoms with Gasteiger partial charge in [-0.2, -0.15) is 0 Å². The molecule has 2 heteroatoms. The van der Waals surface area contributed by atoms with Crippen LogP contribution in [0.25, 0.3) is 0 Å². The van der Waals surface area contributed by atoms with Gasteiger partial charge in [0.15, 0.2) is 0 Å². The summed E-state index contributed by atoms with van der Waals surface area (Å²) in [4.78, 5) is 11.0. The van der Waals surface area contributed by atoms with Crippen LogP contribution < -0.4 is 0 Å². The number of hydrogen-bond donors (Lipinski definition) is 0. The van der Waals surface area contributed by atoms with Crippen molar-refractivity contribution in [1.82, 2.24) is 0 Å². The van der Waals surface area contributed by atoms with Crippen LogP contribution in [0.3, 0.4) is 0 Å². The Hall–Kier alpha value is -0.0800. The third kappa shape index (κ3) is 14.5. The molecule has 0 aromatic carbocycles. The van der Waals surface area contributed by atoms with E-state index in [2.05, 4.69) is 20.8 Å². The molecule has 0 radical (unpaired) electrons. The third-order valence-electron chi connectivity index (χ3n) is 6.89. The van der Waals surface area contributed by atoms with Crippen molar-refractivity contribution < 1.29 is 9.78 Å². The first-order valence-electron chi connectivity index (χ1n) is 13.6. The summed E-state index contributed by atoms with van der Waals surface area (Å²) in [6.45, 7) is 7.68. The van der Waals surface area contributed by atoms with Crippen molar-refractivity contribution in [3.05, 3.63) is 0 Å².